The van der Waals surface area contributed by atoms with Gasteiger partial charge < -0.3 is 15.6 Å². The van der Waals surface area contributed by atoms with Crippen molar-refractivity contribution in [3.63, 3.8) is 0 Å². The zero-order valence-corrected chi connectivity index (χ0v) is 10.2. The molecular weight excluding hydrogens is 202 g/mol. The number of ether oxygens (including phenoxy) is 1. The van der Waals surface area contributed by atoms with E-state index in [1.165, 1.54) is 5.56 Å². The van der Waals surface area contributed by atoms with Crippen LogP contribution in [0.1, 0.15) is 26.3 Å². The number of aliphatic hydroxyl groups excluding tert-OH is 1. The minimum atomic E-state index is -0.317. The molecule has 90 valence electrons. The lowest BCUT2D eigenvalue weighted by Crippen LogP contribution is -2.31. The number of hydrogen-bond acceptors (Lipinski definition) is 3. The summed E-state index contributed by atoms with van der Waals surface area (Å²) in [6.45, 7) is 6.80. The van der Waals surface area contributed by atoms with Crippen molar-refractivity contribution in [3.05, 3.63) is 29.8 Å². The molecule has 1 aromatic carbocycles. The van der Waals surface area contributed by atoms with Crippen LogP contribution in [0.15, 0.2) is 24.3 Å². The Kier molecular flexibility index (Phi) is 4.33. The van der Waals surface area contributed by atoms with Crippen LogP contribution in [0.25, 0.3) is 0 Å². The first-order valence-electron chi connectivity index (χ1n) is 5.53. The fraction of sp³-hybridized carbons (Fsp3) is 0.538. The highest BCUT2D eigenvalue weighted by Gasteiger charge is 2.13. The van der Waals surface area contributed by atoms with E-state index in [1.807, 2.05) is 12.1 Å². The Morgan fingerprint density at radius 1 is 1.25 bits per heavy atom. The van der Waals surface area contributed by atoms with Crippen LogP contribution in [-0.2, 0) is 5.41 Å². The summed E-state index contributed by atoms with van der Waals surface area (Å²) in [5.74, 6) is 0.789. The molecule has 0 heterocycles. The van der Waals surface area contributed by atoms with E-state index in [0.717, 1.165) is 5.75 Å². The maximum atomic E-state index is 8.76. The Morgan fingerprint density at radius 3 is 2.25 bits per heavy atom. The largest absolute Gasteiger partial charge is 0.492 e. The van der Waals surface area contributed by atoms with E-state index in [4.69, 9.17) is 15.6 Å². The molecule has 0 amide bonds. The van der Waals surface area contributed by atoms with Crippen molar-refractivity contribution in [1.82, 2.24) is 0 Å². The molecule has 1 atom stereocenters. The second kappa shape index (κ2) is 5.32. The highest BCUT2D eigenvalue weighted by molar-refractivity contribution is 5.31. The topological polar surface area (TPSA) is 55.5 Å². The molecule has 1 unspecified atom stereocenters. The van der Waals surface area contributed by atoms with E-state index < -0.39 is 0 Å². The first kappa shape index (κ1) is 13.0. The Labute approximate surface area is 97.2 Å². The third kappa shape index (κ3) is 3.83. The molecule has 3 heteroatoms. The quantitative estimate of drug-likeness (QED) is 0.816. The third-order valence-electron chi connectivity index (χ3n) is 2.42. The smallest absolute Gasteiger partial charge is 0.119 e. The van der Waals surface area contributed by atoms with E-state index in [2.05, 4.69) is 32.9 Å². The minimum absolute atomic E-state index is 0.0555. The molecule has 0 aliphatic heterocycles. The molecule has 1 aromatic rings. The van der Waals surface area contributed by atoms with Crippen molar-refractivity contribution in [2.45, 2.75) is 32.2 Å². The molecule has 0 spiro atoms. The Balaban J connectivity index is 2.58. The molecule has 16 heavy (non-hydrogen) atoms. The molecular formula is C13H21NO2. The second-order valence-electron chi connectivity index (χ2n) is 5.03. The minimum Gasteiger partial charge on any atom is -0.492 e. The predicted molar refractivity (Wildman–Crippen MR) is 65.7 cm³/mol. The van der Waals surface area contributed by atoms with Crippen molar-refractivity contribution in [3.8, 4) is 5.75 Å². The molecule has 0 aromatic heterocycles. The first-order chi connectivity index (χ1) is 7.43. The monoisotopic (exact) mass is 223 g/mol. The lowest BCUT2D eigenvalue weighted by atomic mass is 9.87. The van der Waals surface area contributed by atoms with Gasteiger partial charge in [-0.25, -0.2) is 0 Å². The van der Waals surface area contributed by atoms with Crippen LogP contribution in [0.5, 0.6) is 5.75 Å². The lowest BCUT2D eigenvalue weighted by Gasteiger charge is -2.19. The molecule has 0 saturated carbocycles. The highest BCUT2D eigenvalue weighted by Crippen LogP contribution is 2.24. The van der Waals surface area contributed by atoms with Crippen LogP contribution in [-0.4, -0.2) is 24.4 Å². The molecule has 0 radical (unpaired) electrons. The van der Waals surface area contributed by atoms with Crippen molar-refractivity contribution in [1.29, 1.82) is 0 Å². The Bertz CT molecular complexity index is 314. The molecule has 3 nitrogen and oxygen atoms in total. The maximum Gasteiger partial charge on any atom is 0.119 e. The normalized spacial score (nSPS) is 13.6. The summed E-state index contributed by atoms with van der Waals surface area (Å²) in [5, 5.41) is 8.76. The Morgan fingerprint density at radius 2 is 1.81 bits per heavy atom. The van der Waals surface area contributed by atoms with Crippen LogP contribution in [0, 0.1) is 0 Å². The zero-order valence-electron chi connectivity index (χ0n) is 10.2. The summed E-state index contributed by atoms with van der Waals surface area (Å²) >= 11 is 0. The van der Waals surface area contributed by atoms with E-state index >= 15 is 0 Å². The first-order valence-corrected chi connectivity index (χ1v) is 5.53. The van der Waals surface area contributed by atoms with Gasteiger partial charge in [-0.3, -0.25) is 0 Å². The summed E-state index contributed by atoms with van der Waals surface area (Å²) in [7, 11) is 0. The fourth-order valence-electron chi connectivity index (χ4n) is 1.31. The standard InChI is InChI=1S/C13H21NO2/c1-13(2,3)10-4-6-12(7-5-10)16-9-11(14)8-15/h4-7,11,15H,8-9,14H2,1-3H3. The van der Waals surface area contributed by atoms with Crippen LogP contribution in [0.2, 0.25) is 0 Å². The van der Waals surface area contributed by atoms with Gasteiger partial charge in [0.1, 0.15) is 12.4 Å². The van der Waals surface area contributed by atoms with Crippen LogP contribution in [0.4, 0.5) is 0 Å². The van der Waals surface area contributed by atoms with Gasteiger partial charge in [0, 0.05) is 0 Å². The van der Waals surface area contributed by atoms with Crippen molar-refractivity contribution in [2.24, 2.45) is 5.73 Å². The van der Waals surface area contributed by atoms with Gasteiger partial charge in [0.15, 0.2) is 0 Å². The summed E-state index contributed by atoms with van der Waals surface area (Å²) in [6.07, 6.45) is 0. The number of aliphatic hydroxyl groups is 1. The number of benzene rings is 1. The summed E-state index contributed by atoms with van der Waals surface area (Å²) in [4.78, 5) is 0. The van der Waals surface area contributed by atoms with E-state index in [0.29, 0.717) is 6.61 Å². The molecule has 1 rings (SSSR count). The molecule has 0 aliphatic carbocycles. The van der Waals surface area contributed by atoms with Gasteiger partial charge in [-0.05, 0) is 23.1 Å². The third-order valence-corrected chi connectivity index (χ3v) is 2.42. The van der Waals surface area contributed by atoms with Gasteiger partial charge in [0.05, 0.1) is 12.6 Å². The van der Waals surface area contributed by atoms with Gasteiger partial charge in [0.2, 0.25) is 0 Å². The average Bonchev–Trinajstić information content (AvgIpc) is 2.25. The highest BCUT2D eigenvalue weighted by atomic mass is 16.5. The summed E-state index contributed by atoms with van der Waals surface area (Å²) in [6, 6.07) is 7.66. The van der Waals surface area contributed by atoms with E-state index in [1.54, 1.807) is 0 Å². The lowest BCUT2D eigenvalue weighted by molar-refractivity contribution is 0.206. The fourth-order valence-corrected chi connectivity index (χ4v) is 1.31. The van der Waals surface area contributed by atoms with Crippen LogP contribution < -0.4 is 10.5 Å². The maximum absolute atomic E-state index is 8.76. The van der Waals surface area contributed by atoms with E-state index in [-0.39, 0.29) is 18.1 Å². The van der Waals surface area contributed by atoms with Gasteiger partial charge in [-0.2, -0.15) is 0 Å². The van der Waals surface area contributed by atoms with Gasteiger partial charge >= 0.3 is 0 Å². The van der Waals surface area contributed by atoms with Gasteiger partial charge in [0.25, 0.3) is 0 Å². The van der Waals surface area contributed by atoms with Crippen LogP contribution in [0.3, 0.4) is 0 Å². The van der Waals surface area contributed by atoms with E-state index in [9.17, 15) is 0 Å². The molecule has 0 aliphatic rings. The Hall–Kier alpha value is -1.06. The van der Waals surface area contributed by atoms with Crippen molar-refractivity contribution in [2.75, 3.05) is 13.2 Å². The predicted octanol–water partition coefficient (Wildman–Crippen LogP) is 1.68. The van der Waals surface area contributed by atoms with Crippen molar-refractivity contribution >= 4 is 0 Å². The zero-order chi connectivity index (χ0) is 12.2. The van der Waals surface area contributed by atoms with Crippen LogP contribution >= 0.6 is 0 Å². The van der Waals surface area contributed by atoms with Gasteiger partial charge in [-0.1, -0.05) is 32.9 Å². The summed E-state index contributed by atoms with van der Waals surface area (Å²) in [5.41, 5.74) is 6.97. The van der Waals surface area contributed by atoms with Crippen molar-refractivity contribution < 1.29 is 9.84 Å². The molecule has 0 bridgehead atoms. The molecule has 0 saturated heterocycles. The van der Waals surface area contributed by atoms with Gasteiger partial charge in [-0.15, -0.1) is 0 Å². The SMILES string of the molecule is CC(C)(C)c1ccc(OCC(N)CO)cc1. The average molecular weight is 223 g/mol. The number of rotatable bonds is 4. The summed E-state index contributed by atoms with van der Waals surface area (Å²) < 4.78 is 5.44. The molecule has 0 fully saturated rings. The molecule has 3 N–H and O–H groups in total. The number of nitrogens with two attached hydrogens (primary N) is 1. The number of hydrogen-bond donors (Lipinski definition) is 2. The second-order valence-corrected chi connectivity index (χ2v) is 5.03.